The summed E-state index contributed by atoms with van der Waals surface area (Å²) in [6.45, 7) is 0. The largest absolute Gasteiger partial charge is 0.497 e. The number of nitrogens with one attached hydrogen (secondary N) is 1. The fourth-order valence-electron chi connectivity index (χ4n) is 3.98. The third-order valence-corrected chi connectivity index (χ3v) is 5.77. The Labute approximate surface area is 204 Å². The molecule has 0 aliphatic carbocycles. The second-order valence-electron chi connectivity index (χ2n) is 7.93. The molecule has 3 N–H and O–H groups in total. The maximum absolute atomic E-state index is 13.2. The first-order valence-corrected chi connectivity index (χ1v) is 10.6. The van der Waals surface area contributed by atoms with Crippen molar-refractivity contribution in [2.45, 2.75) is 24.1 Å². The molecule has 2 atom stereocenters. The van der Waals surface area contributed by atoms with Crippen molar-refractivity contribution in [3.8, 4) is 5.75 Å². The van der Waals surface area contributed by atoms with Crippen LogP contribution < -0.4 is 10.1 Å². The Morgan fingerprint density at radius 3 is 1.89 bits per heavy atom. The Bertz CT molecular complexity index is 1230. The van der Waals surface area contributed by atoms with E-state index in [0.29, 0.717) is 5.75 Å². The number of halogens is 3. The Morgan fingerprint density at radius 1 is 0.861 bits per heavy atom. The van der Waals surface area contributed by atoms with E-state index in [0.717, 1.165) is 24.3 Å². The molecule has 7 nitrogen and oxygen atoms in total. The van der Waals surface area contributed by atoms with Gasteiger partial charge in [-0.05, 0) is 47.5 Å². The molecular weight excluding hydrogens is 479 g/mol. The van der Waals surface area contributed by atoms with E-state index in [1.807, 2.05) is 0 Å². The molecule has 10 heteroatoms. The van der Waals surface area contributed by atoms with Gasteiger partial charge in [-0.15, -0.1) is 0 Å². The van der Waals surface area contributed by atoms with Gasteiger partial charge in [0.15, 0.2) is 5.54 Å². The number of carboxylic acids is 2. The fraction of sp³-hybridized carbons (Fsp3) is 0.192. The summed E-state index contributed by atoms with van der Waals surface area (Å²) in [7, 11) is 1.39. The first-order chi connectivity index (χ1) is 17.0. The summed E-state index contributed by atoms with van der Waals surface area (Å²) < 4.78 is 44.5. The van der Waals surface area contributed by atoms with E-state index < -0.39 is 47.5 Å². The molecule has 0 saturated heterocycles. The van der Waals surface area contributed by atoms with Crippen molar-refractivity contribution >= 4 is 17.8 Å². The minimum atomic E-state index is -4.65. The van der Waals surface area contributed by atoms with Crippen LogP contribution in [-0.4, -0.2) is 35.2 Å². The van der Waals surface area contributed by atoms with Crippen LogP contribution in [0.5, 0.6) is 5.75 Å². The summed E-state index contributed by atoms with van der Waals surface area (Å²) in [6, 6.07) is 16.8. The lowest BCUT2D eigenvalue weighted by molar-refractivity contribution is -0.147. The number of rotatable bonds is 9. The number of carbonyl (C=O) groups is 3. The zero-order valence-corrected chi connectivity index (χ0v) is 19.0. The Morgan fingerprint density at radius 2 is 1.42 bits per heavy atom. The molecule has 3 aromatic rings. The minimum absolute atomic E-state index is 0.00577. The van der Waals surface area contributed by atoms with Crippen LogP contribution in [0.3, 0.4) is 0 Å². The number of alkyl halides is 3. The van der Waals surface area contributed by atoms with E-state index in [1.165, 1.54) is 43.5 Å². The third kappa shape index (κ3) is 5.48. The van der Waals surface area contributed by atoms with Crippen LogP contribution in [0.1, 0.15) is 39.4 Å². The van der Waals surface area contributed by atoms with Crippen molar-refractivity contribution in [2.24, 2.45) is 0 Å². The van der Waals surface area contributed by atoms with Crippen molar-refractivity contribution in [1.29, 1.82) is 0 Å². The molecule has 0 aliphatic rings. The number of methoxy groups -OCH3 is 1. The van der Waals surface area contributed by atoms with Gasteiger partial charge in [-0.25, -0.2) is 4.79 Å². The molecule has 0 heterocycles. The highest BCUT2D eigenvalue weighted by Crippen LogP contribution is 2.42. The second kappa shape index (κ2) is 10.5. The lowest BCUT2D eigenvalue weighted by Gasteiger charge is -2.38. The van der Waals surface area contributed by atoms with Gasteiger partial charge < -0.3 is 20.3 Å². The van der Waals surface area contributed by atoms with Crippen LogP contribution in [0.25, 0.3) is 0 Å². The van der Waals surface area contributed by atoms with Crippen LogP contribution in [-0.2, 0) is 21.3 Å². The number of carbonyl (C=O) groups excluding carboxylic acids is 1. The summed E-state index contributed by atoms with van der Waals surface area (Å²) in [5.41, 5.74) is -3.25. The molecule has 3 rings (SSSR count). The molecule has 0 aromatic heterocycles. The molecule has 36 heavy (non-hydrogen) atoms. The van der Waals surface area contributed by atoms with Crippen molar-refractivity contribution < 1.29 is 42.5 Å². The van der Waals surface area contributed by atoms with Crippen molar-refractivity contribution in [1.82, 2.24) is 5.32 Å². The average molecular weight is 501 g/mol. The highest BCUT2D eigenvalue weighted by atomic mass is 19.4. The van der Waals surface area contributed by atoms with E-state index in [1.54, 1.807) is 18.2 Å². The van der Waals surface area contributed by atoms with Gasteiger partial charge in [0.25, 0.3) is 5.91 Å². The smallest absolute Gasteiger partial charge is 0.416 e. The van der Waals surface area contributed by atoms with Gasteiger partial charge in [-0.1, -0.05) is 42.5 Å². The van der Waals surface area contributed by atoms with Crippen molar-refractivity contribution in [3.05, 3.63) is 101 Å². The van der Waals surface area contributed by atoms with E-state index in [4.69, 9.17) is 4.74 Å². The van der Waals surface area contributed by atoms with Crippen LogP contribution >= 0.6 is 0 Å². The zero-order valence-electron chi connectivity index (χ0n) is 19.0. The Hall–Kier alpha value is -4.34. The summed E-state index contributed by atoms with van der Waals surface area (Å²) >= 11 is 0. The number of ether oxygens (including phenoxy) is 1. The SMILES string of the molecule is COc1ccc(C(NC(=O)c2ccccc2)(C(=O)O)C(CC(=O)O)c2ccc(C(F)(F)F)cc2)cc1. The highest BCUT2D eigenvalue weighted by molar-refractivity contribution is 5.99. The number of hydrogen-bond acceptors (Lipinski definition) is 4. The topological polar surface area (TPSA) is 113 Å². The molecular formula is C26H22F3NO6. The minimum Gasteiger partial charge on any atom is -0.497 e. The lowest BCUT2D eigenvalue weighted by atomic mass is 9.72. The van der Waals surface area contributed by atoms with Gasteiger partial charge in [0.1, 0.15) is 5.75 Å². The first kappa shape index (κ1) is 26.3. The third-order valence-electron chi connectivity index (χ3n) is 5.77. The van der Waals surface area contributed by atoms with Crippen molar-refractivity contribution in [3.63, 3.8) is 0 Å². The van der Waals surface area contributed by atoms with Gasteiger partial charge in [0.2, 0.25) is 0 Å². The average Bonchev–Trinajstić information content (AvgIpc) is 2.86. The Balaban J connectivity index is 2.25. The number of benzene rings is 3. The predicted molar refractivity (Wildman–Crippen MR) is 123 cm³/mol. The lowest BCUT2D eigenvalue weighted by Crippen LogP contribution is -2.56. The van der Waals surface area contributed by atoms with Gasteiger partial charge >= 0.3 is 18.1 Å². The van der Waals surface area contributed by atoms with E-state index >= 15 is 0 Å². The van der Waals surface area contributed by atoms with E-state index in [9.17, 15) is 37.8 Å². The molecule has 0 saturated carbocycles. The Kier molecular flexibility index (Phi) is 7.67. The van der Waals surface area contributed by atoms with Crippen LogP contribution in [0.15, 0.2) is 78.9 Å². The standard InChI is InChI=1S/C26H22F3NO6/c1-36-20-13-11-18(12-14-20)25(24(34)35,30-23(33)17-5-3-2-4-6-17)21(15-22(31)32)16-7-9-19(10-8-16)26(27,28)29/h2-14,21H,15H2,1H3,(H,30,33)(H,31,32)(H,34,35). The molecule has 0 spiro atoms. The molecule has 1 amide bonds. The quantitative estimate of drug-likeness (QED) is 0.392. The zero-order chi connectivity index (χ0) is 26.5. The number of hydrogen-bond donors (Lipinski definition) is 3. The molecule has 2 unspecified atom stereocenters. The van der Waals surface area contributed by atoms with E-state index in [-0.39, 0.29) is 16.7 Å². The van der Waals surface area contributed by atoms with E-state index in [2.05, 4.69) is 5.32 Å². The molecule has 188 valence electrons. The number of aliphatic carboxylic acids is 2. The summed E-state index contributed by atoms with van der Waals surface area (Å²) in [5, 5.41) is 22.6. The summed E-state index contributed by atoms with van der Waals surface area (Å²) in [4.78, 5) is 38.0. The fourth-order valence-corrected chi connectivity index (χ4v) is 3.98. The van der Waals surface area contributed by atoms with Crippen LogP contribution in [0.4, 0.5) is 13.2 Å². The highest BCUT2D eigenvalue weighted by Gasteiger charge is 2.50. The second-order valence-corrected chi connectivity index (χ2v) is 7.93. The molecule has 0 fully saturated rings. The van der Waals surface area contributed by atoms with Crippen LogP contribution in [0, 0.1) is 0 Å². The van der Waals surface area contributed by atoms with Crippen molar-refractivity contribution in [2.75, 3.05) is 7.11 Å². The predicted octanol–water partition coefficient (Wildman–Crippen LogP) is 4.68. The molecule has 0 bridgehead atoms. The van der Waals surface area contributed by atoms with Gasteiger partial charge in [-0.3, -0.25) is 9.59 Å². The van der Waals surface area contributed by atoms with Gasteiger partial charge in [-0.2, -0.15) is 13.2 Å². The monoisotopic (exact) mass is 501 g/mol. The van der Waals surface area contributed by atoms with Crippen LogP contribution in [0.2, 0.25) is 0 Å². The van der Waals surface area contributed by atoms with Gasteiger partial charge in [0, 0.05) is 11.5 Å². The maximum Gasteiger partial charge on any atom is 0.416 e. The summed E-state index contributed by atoms with van der Waals surface area (Å²) in [5.74, 6) is -4.93. The van der Waals surface area contributed by atoms with Gasteiger partial charge in [0.05, 0.1) is 19.1 Å². The normalized spacial score (nSPS) is 13.8. The maximum atomic E-state index is 13.2. The molecule has 0 radical (unpaired) electrons. The number of amides is 1. The first-order valence-electron chi connectivity index (χ1n) is 10.6. The summed E-state index contributed by atoms with van der Waals surface area (Å²) in [6.07, 6.45) is -5.46. The number of carboxylic acid groups (broad SMARTS) is 2. The molecule has 0 aliphatic heterocycles. The molecule has 3 aromatic carbocycles.